The van der Waals surface area contributed by atoms with Crippen molar-refractivity contribution in [2.45, 2.75) is 110 Å². The quantitative estimate of drug-likeness (QED) is 0.317. The Hall–Kier alpha value is -3.25. The van der Waals surface area contributed by atoms with Crippen LogP contribution in [0.3, 0.4) is 0 Å². The van der Waals surface area contributed by atoms with Crippen molar-refractivity contribution in [2.75, 3.05) is 14.2 Å². The Kier molecular flexibility index (Phi) is 6.93. The Labute approximate surface area is 254 Å². The number of nitrogens with zero attached hydrogens (tertiary/aromatic N) is 1. The van der Waals surface area contributed by atoms with Crippen LogP contribution in [0.1, 0.15) is 133 Å². The minimum absolute atomic E-state index is 0.00933. The van der Waals surface area contributed by atoms with Crippen LogP contribution < -0.4 is 9.47 Å². The number of hydrogen-bond acceptors (Lipinski definition) is 3. The van der Waals surface area contributed by atoms with Gasteiger partial charge in [-0.2, -0.15) is 5.26 Å². The fourth-order valence-corrected chi connectivity index (χ4v) is 8.43. The van der Waals surface area contributed by atoms with E-state index in [-0.39, 0.29) is 33.0 Å². The fraction of sp³-hybridized carbons (Fsp3) is 0.513. The third-order valence-electron chi connectivity index (χ3n) is 10.0. The van der Waals surface area contributed by atoms with Crippen molar-refractivity contribution in [1.82, 2.24) is 0 Å². The monoisotopic (exact) mass is 563 g/mol. The van der Waals surface area contributed by atoms with Crippen LogP contribution >= 0.6 is 0 Å². The summed E-state index contributed by atoms with van der Waals surface area (Å²) in [6.07, 6.45) is 2.11. The van der Waals surface area contributed by atoms with Gasteiger partial charge in [0.2, 0.25) is 0 Å². The first kappa shape index (κ1) is 30.2. The molecule has 0 radical (unpaired) electrons. The van der Waals surface area contributed by atoms with Crippen molar-refractivity contribution in [3.8, 4) is 17.6 Å². The highest BCUT2D eigenvalue weighted by atomic mass is 16.5. The number of rotatable bonds is 4. The number of hydrogen-bond donors (Lipinski definition) is 0. The zero-order valence-corrected chi connectivity index (χ0v) is 27.9. The van der Waals surface area contributed by atoms with E-state index in [1.807, 2.05) is 19.2 Å². The molecule has 0 aliphatic heterocycles. The van der Waals surface area contributed by atoms with E-state index in [0.717, 1.165) is 24.3 Å². The lowest BCUT2D eigenvalue weighted by molar-refractivity contribution is 0.340. The highest BCUT2D eigenvalue weighted by Crippen LogP contribution is 2.65. The van der Waals surface area contributed by atoms with Crippen LogP contribution in [0.25, 0.3) is 0 Å². The van der Waals surface area contributed by atoms with Crippen molar-refractivity contribution in [1.29, 1.82) is 5.26 Å². The summed E-state index contributed by atoms with van der Waals surface area (Å²) in [5.41, 5.74) is 9.90. The van der Waals surface area contributed by atoms with E-state index in [0.29, 0.717) is 5.56 Å². The first-order valence-corrected chi connectivity index (χ1v) is 15.4. The molecular weight excluding hydrogens is 514 g/mol. The minimum atomic E-state index is -0.112. The average Bonchev–Trinajstić information content (AvgIpc) is 3.25. The summed E-state index contributed by atoms with van der Waals surface area (Å²) in [6.45, 7) is 23.4. The van der Waals surface area contributed by atoms with Gasteiger partial charge in [-0.05, 0) is 92.1 Å². The summed E-state index contributed by atoms with van der Waals surface area (Å²) >= 11 is 0. The third-order valence-corrected chi connectivity index (χ3v) is 10.0. The summed E-state index contributed by atoms with van der Waals surface area (Å²) in [6, 6.07) is 20.0. The van der Waals surface area contributed by atoms with Gasteiger partial charge in [-0.25, -0.2) is 0 Å². The van der Waals surface area contributed by atoms with Crippen molar-refractivity contribution in [3.05, 3.63) is 93.0 Å². The summed E-state index contributed by atoms with van der Waals surface area (Å²) < 4.78 is 12.3. The van der Waals surface area contributed by atoms with Crippen LogP contribution in [0.5, 0.6) is 11.5 Å². The lowest BCUT2D eigenvalue weighted by Crippen LogP contribution is -2.27. The number of benzene rings is 3. The number of ether oxygens (including phenoxy) is 2. The van der Waals surface area contributed by atoms with Gasteiger partial charge in [-0.15, -0.1) is 0 Å². The predicted octanol–water partition coefficient (Wildman–Crippen LogP) is 9.70. The molecule has 0 amide bonds. The summed E-state index contributed by atoms with van der Waals surface area (Å²) in [5, 5.41) is 9.41. The van der Waals surface area contributed by atoms with Crippen LogP contribution in [0.4, 0.5) is 0 Å². The first-order chi connectivity index (χ1) is 19.4. The van der Waals surface area contributed by atoms with Gasteiger partial charge in [0.25, 0.3) is 0 Å². The first-order valence-electron chi connectivity index (χ1n) is 15.4. The van der Waals surface area contributed by atoms with Gasteiger partial charge in [-0.3, -0.25) is 0 Å². The molecule has 0 bridgehead atoms. The molecule has 42 heavy (non-hydrogen) atoms. The van der Waals surface area contributed by atoms with Crippen molar-refractivity contribution in [3.63, 3.8) is 0 Å². The predicted molar refractivity (Wildman–Crippen MR) is 173 cm³/mol. The molecule has 3 aromatic rings. The largest absolute Gasteiger partial charge is 0.496 e. The third kappa shape index (κ3) is 4.63. The molecule has 2 aliphatic carbocycles. The molecule has 2 atom stereocenters. The molecule has 1 spiro atoms. The second kappa shape index (κ2) is 9.63. The molecule has 0 heterocycles. The lowest BCUT2D eigenvalue weighted by atomic mass is 9.70. The van der Waals surface area contributed by atoms with E-state index >= 15 is 0 Å². The molecular formula is C39H49NO2. The number of nitriles is 1. The van der Waals surface area contributed by atoms with Gasteiger partial charge in [0.1, 0.15) is 11.5 Å². The van der Waals surface area contributed by atoms with Crippen molar-refractivity contribution < 1.29 is 9.47 Å². The molecule has 0 fully saturated rings. The van der Waals surface area contributed by atoms with Crippen LogP contribution in [-0.2, 0) is 21.7 Å². The van der Waals surface area contributed by atoms with Gasteiger partial charge < -0.3 is 9.47 Å². The second-order valence-electron chi connectivity index (χ2n) is 16.2. The Morgan fingerprint density at radius 3 is 1.67 bits per heavy atom. The molecule has 3 nitrogen and oxygen atoms in total. The molecule has 5 rings (SSSR count). The highest BCUT2D eigenvalue weighted by Gasteiger charge is 2.57. The van der Waals surface area contributed by atoms with Gasteiger partial charge in [0.15, 0.2) is 0 Å². The average molecular weight is 564 g/mol. The Bertz CT molecular complexity index is 1570. The standard InChI is InChI=1S/C39H49NO2/c1-35(2,3)31-18-28-30(20-33(31)42-12)39(23-38(28,9)10)22-37(7,8)27-17-26(32(41-11)19-29(27)39)34(36(4,5)6)25-15-13-24(21-40)14-16-25/h13-20,34H,22-23H2,1-12H3. The Morgan fingerprint density at radius 2 is 1.21 bits per heavy atom. The van der Waals surface area contributed by atoms with Gasteiger partial charge in [0.05, 0.1) is 25.9 Å². The van der Waals surface area contributed by atoms with Gasteiger partial charge in [-0.1, -0.05) is 93.5 Å². The second-order valence-corrected chi connectivity index (χ2v) is 16.2. The molecule has 0 N–H and O–H groups in total. The van der Waals surface area contributed by atoms with E-state index in [4.69, 9.17) is 9.47 Å². The van der Waals surface area contributed by atoms with Crippen molar-refractivity contribution in [2.24, 2.45) is 5.41 Å². The minimum Gasteiger partial charge on any atom is -0.496 e. The maximum atomic E-state index is 9.41. The van der Waals surface area contributed by atoms with E-state index < -0.39 is 0 Å². The molecule has 3 heteroatoms. The molecule has 0 aromatic heterocycles. The van der Waals surface area contributed by atoms with E-state index in [2.05, 4.69) is 112 Å². The fourth-order valence-electron chi connectivity index (χ4n) is 8.43. The number of fused-ring (bicyclic) bond motifs is 4. The Balaban J connectivity index is 1.77. The number of methoxy groups -OCH3 is 2. The highest BCUT2D eigenvalue weighted by molar-refractivity contribution is 5.65. The van der Waals surface area contributed by atoms with Gasteiger partial charge in [0, 0.05) is 16.9 Å². The maximum Gasteiger partial charge on any atom is 0.123 e. The van der Waals surface area contributed by atoms with E-state index in [9.17, 15) is 5.26 Å². The summed E-state index contributed by atoms with van der Waals surface area (Å²) in [5.74, 6) is 2.04. The van der Waals surface area contributed by atoms with Gasteiger partial charge >= 0.3 is 0 Å². The SMILES string of the molecule is COc1cc2c(cc1C(c1ccc(C#N)cc1)C(C)(C)C)C(C)(C)CC21CC(C)(C)c2cc(C(C)(C)C)c(OC)cc21. The molecule has 0 saturated heterocycles. The smallest absolute Gasteiger partial charge is 0.123 e. The molecule has 222 valence electrons. The van der Waals surface area contributed by atoms with Crippen molar-refractivity contribution >= 4 is 0 Å². The normalized spacial score (nSPS) is 21.0. The van der Waals surface area contributed by atoms with Crippen LogP contribution in [-0.4, -0.2) is 14.2 Å². The maximum absolute atomic E-state index is 9.41. The van der Waals surface area contributed by atoms with Crippen LogP contribution in [0, 0.1) is 16.7 Å². The van der Waals surface area contributed by atoms with E-state index in [1.54, 1.807) is 7.11 Å². The molecule has 2 aliphatic rings. The molecule has 2 unspecified atom stereocenters. The lowest BCUT2D eigenvalue weighted by Gasteiger charge is -2.34. The molecule has 3 aromatic carbocycles. The summed E-state index contributed by atoms with van der Waals surface area (Å²) in [4.78, 5) is 0. The van der Waals surface area contributed by atoms with Crippen LogP contribution in [0.2, 0.25) is 0 Å². The summed E-state index contributed by atoms with van der Waals surface area (Å²) in [7, 11) is 3.61. The zero-order chi connectivity index (χ0) is 31.0. The zero-order valence-electron chi connectivity index (χ0n) is 27.9. The topological polar surface area (TPSA) is 42.2 Å². The Morgan fingerprint density at radius 1 is 0.714 bits per heavy atom. The van der Waals surface area contributed by atoms with E-state index in [1.165, 1.54) is 38.9 Å². The van der Waals surface area contributed by atoms with Crippen LogP contribution in [0.15, 0.2) is 48.5 Å². The molecule has 0 saturated carbocycles.